The molecule has 0 unspecified atom stereocenters. The Morgan fingerprint density at radius 2 is 1.77 bits per heavy atom. The number of rotatable bonds is 4. The smallest absolute Gasteiger partial charge is 0.270 e. The summed E-state index contributed by atoms with van der Waals surface area (Å²) in [6.07, 6.45) is 1.48. The molecule has 3 rings (SSSR count). The second-order valence-corrected chi connectivity index (χ2v) is 5.48. The first-order chi connectivity index (χ1) is 12.3. The molecule has 0 aliphatic heterocycles. The summed E-state index contributed by atoms with van der Waals surface area (Å²) in [5, 5.41) is 11.1. The zero-order valence-corrected chi connectivity index (χ0v) is 13.5. The normalized spacial score (nSPS) is 10.6. The number of hydrogen-bond acceptors (Lipinski definition) is 4. The molecule has 1 heterocycles. The minimum atomic E-state index is -0.908. The van der Waals surface area contributed by atoms with Crippen LogP contribution in [0.25, 0.3) is 11.1 Å². The first-order valence-corrected chi connectivity index (χ1v) is 7.43. The number of nitro groups is 1. The maximum atomic E-state index is 13.9. The van der Waals surface area contributed by atoms with Crippen molar-refractivity contribution in [3.63, 3.8) is 0 Å². The molecule has 3 aromatic rings. The molecule has 0 saturated carbocycles. The van der Waals surface area contributed by atoms with Gasteiger partial charge >= 0.3 is 0 Å². The predicted octanol–water partition coefficient (Wildman–Crippen LogP) is 4.03. The predicted molar refractivity (Wildman–Crippen MR) is 90.2 cm³/mol. The van der Waals surface area contributed by atoms with Crippen molar-refractivity contribution in [2.45, 2.75) is 0 Å². The van der Waals surface area contributed by atoms with Crippen molar-refractivity contribution < 1.29 is 18.4 Å². The van der Waals surface area contributed by atoms with Crippen LogP contribution in [0.4, 0.5) is 14.5 Å². The van der Waals surface area contributed by atoms with E-state index >= 15 is 0 Å². The number of benzene rings is 2. The quantitative estimate of drug-likeness (QED) is 0.521. The van der Waals surface area contributed by atoms with Gasteiger partial charge in [0.15, 0.2) is 11.6 Å². The van der Waals surface area contributed by atoms with Crippen LogP contribution in [0, 0.1) is 21.7 Å². The highest BCUT2D eigenvalue weighted by Crippen LogP contribution is 2.36. The molecule has 0 aliphatic rings. The minimum Gasteiger partial charge on any atom is -0.454 e. The van der Waals surface area contributed by atoms with Crippen LogP contribution in [0.5, 0.6) is 11.5 Å². The molecule has 0 N–H and O–H groups in total. The Balaban J connectivity index is 2.13. The van der Waals surface area contributed by atoms with Crippen LogP contribution in [-0.2, 0) is 7.05 Å². The zero-order valence-electron chi connectivity index (χ0n) is 13.5. The lowest BCUT2D eigenvalue weighted by Gasteiger charge is -2.12. The van der Waals surface area contributed by atoms with E-state index in [4.69, 9.17) is 4.74 Å². The Bertz CT molecular complexity index is 1060. The summed E-state index contributed by atoms with van der Waals surface area (Å²) in [5.74, 6) is -1.77. The molecule has 6 nitrogen and oxygen atoms in total. The molecule has 0 spiro atoms. The summed E-state index contributed by atoms with van der Waals surface area (Å²) in [5.41, 5.74) is 0.304. The van der Waals surface area contributed by atoms with E-state index in [0.29, 0.717) is 17.2 Å². The molecule has 0 aliphatic carbocycles. The fourth-order valence-corrected chi connectivity index (χ4v) is 2.38. The topological polar surface area (TPSA) is 74.4 Å². The number of aryl methyl sites for hydroxylation is 1. The lowest BCUT2D eigenvalue weighted by Crippen LogP contribution is -2.14. The molecule has 2 aromatic carbocycles. The number of nitrogens with zero attached hydrogens (tertiary/aromatic N) is 2. The number of non-ortho nitro benzene ring substituents is 1. The van der Waals surface area contributed by atoms with Gasteiger partial charge in [0.25, 0.3) is 5.69 Å². The number of pyridine rings is 1. The lowest BCUT2D eigenvalue weighted by molar-refractivity contribution is -0.384. The molecule has 0 atom stereocenters. The third-order valence-corrected chi connectivity index (χ3v) is 3.68. The average Bonchev–Trinajstić information content (AvgIpc) is 2.60. The monoisotopic (exact) mass is 358 g/mol. The molecular weight excluding hydrogens is 346 g/mol. The van der Waals surface area contributed by atoms with E-state index in [0.717, 1.165) is 12.1 Å². The fraction of sp³-hybridized carbons (Fsp3) is 0.0556. The van der Waals surface area contributed by atoms with Crippen molar-refractivity contribution in [2.75, 3.05) is 0 Å². The first kappa shape index (κ1) is 17.3. The average molecular weight is 358 g/mol. The SMILES string of the molecule is Cn1cc(-c2cc([N+](=O)[O-])ccc2Oc2ccc(F)cc2F)ccc1=O. The minimum absolute atomic E-state index is 0.125. The Morgan fingerprint density at radius 3 is 2.42 bits per heavy atom. The fourth-order valence-electron chi connectivity index (χ4n) is 2.38. The molecule has 0 bridgehead atoms. The van der Waals surface area contributed by atoms with Gasteiger partial charge in [0, 0.05) is 48.6 Å². The number of ether oxygens (including phenoxy) is 1. The maximum absolute atomic E-state index is 13.9. The second kappa shape index (κ2) is 6.75. The molecule has 0 fully saturated rings. The van der Waals surface area contributed by atoms with Crippen molar-refractivity contribution in [2.24, 2.45) is 7.05 Å². The third kappa shape index (κ3) is 3.44. The Hall–Kier alpha value is -3.55. The Kier molecular flexibility index (Phi) is 4.49. The Morgan fingerprint density at radius 1 is 1.04 bits per heavy atom. The van der Waals surface area contributed by atoms with Gasteiger partial charge in [-0.1, -0.05) is 0 Å². The number of hydrogen-bond donors (Lipinski definition) is 0. The summed E-state index contributed by atoms with van der Waals surface area (Å²) in [7, 11) is 1.53. The van der Waals surface area contributed by atoms with Crippen molar-refractivity contribution in [3.8, 4) is 22.6 Å². The highest BCUT2D eigenvalue weighted by molar-refractivity contribution is 5.72. The van der Waals surface area contributed by atoms with Gasteiger partial charge in [-0.3, -0.25) is 14.9 Å². The van der Waals surface area contributed by atoms with E-state index in [-0.39, 0.29) is 22.7 Å². The summed E-state index contributed by atoms with van der Waals surface area (Å²) in [6.45, 7) is 0. The van der Waals surface area contributed by atoms with Gasteiger partial charge in [-0.05, 0) is 24.3 Å². The molecule has 0 saturated heterocycles. The standard InChI is InChI=1S/C18H12F2N2O4/c1-21-10-11(2-7-18(21)23)14-9-13(22(24)25)4-6-16(14)26-17-5-3-12(19)8-15(17)20/h2-10H,1H3. The van der Waals surface area contributed by atoms with Gasteiger partial charge in [0.2, 0.25) is 5.56 Å². The molecule has 0 radical (unpaired) electrons. The molecule has 26 heavy (non-hydrogen) atoms. The molecular formula is C18H12F2N2O4. The van der Waals surface area contributed by atoms with Crippen molar-refractivity contribution in [3.05, 3.63) is 86.8 Å². The first-order valence-electron chi connectivity index (χ1n) is 7.43. The Labute approximate surface area is 146 Å². The lowest BCUT2D eigenvalue weighted by atomic mass is 10.1. The van der Waals surface area contributed by atoms with E-state index in [9.17, 15) is 23.7 Å². The number of halogens is 2. The largest absolute Gasteiger partial charge is 0.454 e. The van der Waals surface area contributed by atoms with Crippen LogP contribution in [0.15, 0.2) is 59.5 Å². The van der Waals surface area contributed by atoms with Crippen molar-refractivity contribution >= 4 is 5.69 Å². The van der Waals surface area contributed by atoms with E-state index in [1.807, 2.05) is 0 Å². The maximum Gasteiger partial charge on any atom is 0.270 e. The van der Waals surface area contributed by atoms with E-state index < -0.39 is 16.6 Å². The third-order valence-electron chi connectivity index (χ3n) is 3.68. The summed E-state index contributed by atoms with van der Waals surface area (Å²) >= 11 is 0. The highest BCUT2D eigenvalue weighted by atomic mass is 19.1. The van der Waals surface area contributed by atoms with Crippen LogP contribution in [-0.4, -0.2) is 9.49 Å². The molecule has 1 aromatic heterocycles. The molecule has 8 heteroatoms. The molecule has 0 amide bonds. The zero-order chi connectivity index (χ0) is 18.8. The van der Waals surface area contributed by atoms with E-state index in [1.54, 1.807) is 0 Å². The second-order valence-electron chi connectivity index (χ2n) is 5.48. The van der Waals surface area contributed by atoms with Crippen LogP contribution in [0.2, 0.25) is 0 Å². The van der Waals surface area contributed by atoms with Gasteiger partial charge in [0.05, 0.1) is 4.92 Å². The number of aromatic nitrogens is 1. The van der Waals surface area contributed by atoms with Gasteiger partial charge in [0.1, 0.15) is 11.6 Å². The summed E-state index contributed by atoms with van der Waals surface area (Å²) in [6, 6.07) is 9.41. The van der Waals surface area contributed by atoms with Gasteiger partial charge in [-0.2, -0.15) is 0 Å². The van der Waals surface area contributed by atoms with Crippen LogP contribution >= 0.6 is 0 Å². The van der Waals surface area contributed by atoms with Gasteiger partial charge < -0.3 is 9.30 Å². The van der Waals surface area contributed by atoms with Crippen LogP contribution in [0.3, 0.4) is 0 Å². The van der Waals surface area contributed by atoms with E-state index in [2.05, 4.69) is 0 Å². The number of nitro benzene ring substituents is 1. The summed E-state index contributed by atoms with van der Waals surface area (Å²) < 4.78 is 33.7. The van der Waals surface area contributed by atoms with Crippen molar-refractivity contribution in [1.29, 1.82) is 0 Å². The van der Waals surface area contributed by atoms with Crippen molar-refractivity contribution in [1.82, 2.24) is 4.57 Å². The van der Waals surface area contributed by atoms with E-state index in [1.165, 1.54) is 48.1 Å². The van der Waals surface area contributed by atoms with Crippen LogP contribution < -0.4 is 10.3 Å². The summed E-state index contributed by atoms with van der Waals surface area (Å²) in [4.78, 5) is 22.1. The van der Waals surface area contributed by atoms with Gasteiger partial charge in [-0.25, -0.2) is 8.78 Å². The highest BCUT2D eigenvalue weighted by Gasteiger charge is 2.16. The van der Waals surface area contributed by atoms with Crippen LogP contribution in [0.1, 0.15) is 0 Å². The van der Waals surface area contributed by atoms with Gasteiger partial charge in [-0.15, -0.1) is 0 Å². The molecule has 132 valence electrons.